The zero-order chi connectivity index (χ0) is 19.0. The highest BCUT2D eigenvalue weighted by atomic mass is 79.9. The van der Waals surface area contributed by atoms with Crippen LogP contribution < -0.4 is 5.32 Å². The first-order valence-corrected chi connectivity index (χ1v) is 9.34. The highest BCUT2D eigenvalue weighted by Gasteiger charge is 2.12. The third kappa shape index (κ3) is 3.64. The first-order valence-electron chi connectivity index (χ1n) is 8.55. The summed E-state index contributed by atoms with van der Waals surface area (Å²) >= 11 is 3.38. The van der Waals surface area contributed by atoms with Gasteiger partial charge in [-0.3, -0.25) is 4.79 Å². The van der Waals surface area contributed by atoms with E-state index in [1.807, 2.05) is 56.3 Å². The van der Waals surface area contributed by atoms with Gasteiger partial charge in [0.05, 0.1) is 0 Å². The van der Waals surface area contributed by atoms with E-state index in [1.165, 1.54) is 0 Å². The normalized spacial score (nSPS) is 10.9. The number of carbonyl (C=O) groups excluding carboxylic acids is 1. The largest absolute Gasteiger partial charge is 0.436 e. The van der Waals surface area contributed by atoms with Gasteiger partial charge in [0.15, 0.2) is 5.58 Å². The maximum absolute atomic E-state index is 12.5. The zero-order valence-electron chi connectivity index (χ0n) is 14.9. The second-order valence-electron chi connectivity index (χ2n) is 6.49. The number of aromatic nitrogens is 1. The molecule has 1 amide bonds. The SMILES string of the molecule is Cc1cc(C)c2oc(-c3cccc(NC(=O)c4cccc(Br)c4)c3)nc2c1. The molecule has 4 aromatic rings. The van der Waals surface area contributed by atoms with E-state index in [0.717, 1.165) is 32.3 Å². The molecule has 4 rings (SSSR count). The molecule has 0 aliphatic rings. The van der Waals surface area contributed by atoms with Crippen LogP contribution in [0.25, 0.3) is 22.6 Å². The van der Waals surface area contributed by atoms with Gasteiger partial charge >= 0.3 is 0 Å². The fraction of sp³-hybridized carbons (Fsp3) is 0.0909. The van der Waals surface area contributed by atoms with Gasteiger partial charge < -0.3 is 9.73 Å². The third-order valence-electron chi connectivity index (χ3n) is 4.27. The van der Waals surface area contributed by atoms with Crippen LogP contribution in [0.3, 0.4) is 0 Å². The molecule has 0 aliphatic heterocycles. The second-order valence-corrected chi connectivity index (χ2v) is 7.41. The highest BCUT2D eigenvalue weighted by molar-refractivity contribution is 9.10. The number of carbonyl (C=O) groups is 1. The first kappa shape index (κ1) is 17.5. The van der Waals surface area contributed by atoms with E-state index in [9.17, 15) is 4.79 Å². The summed E-state index contributed by atoms with van der Waals surface area (Å²) in [4.78, 5) is 17.1. The van der Waals surface area contributed by atoms with Crippen LogP contribution in [0.4, 0.5) is 5.69 Å². The van der Waals surface area contributed by atoms with Crippen LogP contribution in [0.1, 0.15) is 21.5 Å². The average Bonchev–Trinajstić information content (AvgIpc) is 3.06. The lowest BCUT2D eigenvalue weighted by Gasteiger charge is -2.06. The molecule has 1 N–H and O–H groups in total. The standard InChI is InChI=1S/C22H17BrN2O2/c1-13-9-14(2)20-19(10-13)25-22(27-20)16-6-4-8-18(12-16)24-21(26)15-5-3-7-17(23)11-15/h3-12H,1-2H3,(H,24,26). The van der Waals surface area contributed by atoms with Crippen LogP contribution in [0.2, 0.25) is 0 Å². The number of aryl methyl sites for hydroxylation is 2. The predicted octanol–water partition coefficient (Wildman–Crippen LogP) is 6.13. The van der Waals surface area contributed by atoms with E-state index >= 15 is 0 Å². The number of nitrogens with zero attached hydrogens (tertiary/aromatic N) is 1. The van der Waals surface area contributed by atoms with Crippen LogP contribution in [0, 0.1) is 13.8 Å². The molecule has 0 fully saturated rings. The lowest BCUT2D eigenvalue weighted by molar-refractivity contribution is 0.102. The van der Waals surface area contributed by atoms with Crippen molar-refractivity contribution in [1.82, 2.24) is 4.98 Å². The average molecular weight is 421 g/mol. The highest BCUT2D eigenvalue weighted by Crippen LogP contribution is 2.29. The molecule has 4 nitrogen and oxygen atoms in total. The quantitative estimate of drug-likeness (QED) is 0.433. The molecule has 1 heterocycles. The van der Waals surface area contributed by atoms with Crippen molar-refractivity contribution in [3.05, 3.63) is 81.8 Å². The number of rotatable bonds is 3. The second kappa shape index (κ2) is 7.00. The Bertz CT molecular complexity index is 1160. The topological polar surface area (TPSA) is 55.1 Å². The minimum absolute atomic E-state index is 0.169. The van der Waals surface area contributed by atoms with Crippen molar-refractivity contribution in [3.63, 3.8) is 0 Å². The number of hydrogen-bond acceptors (Lipinski definition) is 3. The van der Waals surface area contributed by atoms with Crippen LogP contribution in [0.5, 0.6) is 0 Å². The molecule has 0 saturated heterocycles. The van der Waals surface area contributed by atoms with Crippen molar-refractivity contribution in [1.29, 1.82) is 0 Å². The van der Waals surface area contributed by atoms with Gasteiger partial charge in [-0.15, -0.1) is 0 Å². The molecule has 5 heteroatoms. The van der Waals surface area contributed by atoms with Crippen molar-refractivity contribution in [2.45, 2.75) is 13.8 Å². The van der Waals surface area contributed by atoms with E-state index in [4.69, 9.17) is 4.42 Å². The molecule has 0 atom stereocenters. The van der Waals surface area contributed by atoms with Gasteiger partial charge in [0.25, 0.3) is 5.91 Å². The van der Waals surface area contributed by atoms with Gasteiger partial charge in [0.2, 0.25) is 5.89 Å². The summed E-state index contributed by atoms with van der Waals surface area (Å²) in [6.45, 7) is 4.05. The first-order chi connectivity index (χ1) is 13.0. The summed E-state index contributed by atoms with van der Waals surface area (Å²) in [5.41, 5.74) is 5.92. The molecule has 0 spiro atoms. The number of hydrogen-bond donors (Lipinski definition) is 1. The molecule has 1 aromatic heterocycles. The summed E-state index contributed by atoms with van der Waals surface area (Å²) in [6, 6.07) is 18.9. The van der Waals surface area contributed by atoms with Gasteiger partial charge in [-0.2, -0.15) is 0 Å². The molecule has 0 bridgehead atoms. The van der Waals surface area contributed by atoms with Crippen molar-refractivity contribution in [2.75, 3.05) is 5.32 Å². The monoisotopic (exact) mass is 420 g/mol. The summed E-state index contributed by atoms with van der Waals surface area (Å²) in [6.07, 6.45) is 0. The number of oxazole rings is 1. The Morgan fingerprint density at radius 1 is 1.04 bits per heavy atom. The molecule has 0 saturated carbocycles. The van der Waals surface area contributed by atoms with Crippen molar-refractivity contribution < 1.29 is 9.21 Å². The minimum Gasteiger partial charge on any atom is -0.436 e. The molecular weight excluding hydrogens is 404 g/mol. The van der Waals surface area contributed by atoms with Crippen molar-refractivity contribution in [3.8, 4) is 11.5 Å². The third-order valence-corrected chi connectivity index (χ3v) is 4.77. The van der Waals surface area contributed by atoms with Crippen LogP contribution in [0.15, 0.2) is 69.6 Å². The Morgan fingerprint density at radius 3 is 2.67 bits per heavy atom. The molecule has 134 valence electrons. The molecule has 0 unspecified atom stereocenters. The van der Waals surface area contributed by atoms with Crippen molar-refractivity contribution >= 4 is 38.6 Å². The fourth-order valence-electron chi connectivity index (χ4n) is 3.06. The lowest BCUT2D eigenvalue weighted by Crippen LogP contribution is -2.11. The molecule has 27 heavy (non-hydrogen) atoms. The van der Waals surface area contributed by atoms with Crippen molar-refractivity contribution in [2.24, 2.45) is 0 Å². The maximum Gasteiger partial charge on any atom is 0.255 e. The van der Waals surface area contributed by atoms with E-state index < -0.39 is 0 Å². The van der Waals surface area contributed by atoms with E-state index in [-0.39, 0.29) is 5.91 Å². The Kier molecular flexibility index (Phi) is 4.54. The van der Waals surface area contributed by atoms with Gasteiger partial charge in [0.1, 0.15) is 5.52 Å². The number of nitrogens with one attached hydrogen (secondary N) is 1. The number of amides is 1. The summed E-state index contributed by atoms with van der Waals surface area (Å²) in [5.74, 6) is 0.370. The maximum atomic E-state index is 12.5. The summed E-state index contributed by atoms with van der Waals surface area (Å²) < 4.78 is 6.83. The Morgan fingerprint density at radius 2 is 1.85 bits per heavy atom. The smallest absolute Gasteiger partial charge is 0.255 e. The number of benzene rings is 3. The Labute approximate surface area is 165 Å². The van der Waals surface area contributed by atoms with E-state index in [1.54, 1.807) is 12.1 Å². The molecule has 0 aliphatic carbocycles. The van der Waals surface area contributed by atoms with Gasteiger partial charge in [-0.25, -0.2) is 4.98 Å². The van der Waals surface area contributed by atoms with Gasteiger partial charge in [-0.05, 0) is 67.4 Å². The predicted molar refractivity (Wildman–Crippen MR) is 111 cm³/mol. The van der Waals surface area contributed by atoms with Crippen LogP contribution in [-0.4, -0.2) is 10.9 Å². The summed E-state index contributed by atoms with van der Waals surface area (Å²) in [5, 5.41) is 2.92. The Hall–Kier alpha value is -2.92. The fourth-order valence-corrected chi connectivity index (χ4v) is 3.46. The van der Waals surface area contributed by atoms with Gasteiger partial charge in [-0.1, -0.05) is 34.1 Å². The molecule has 3 aromatic carbocycles. The van der Waals surface area contributed by atoms with E-state index in [0.29, 0.717) is 17.1 Å². The number of fused-ring (bicyclic) bond motifs is 1. The number of anilines is 1. The lowest BCUT2D eigenvalue weighted by atomic mass is 10.1. The van der Waals surface area contributed by atoms with Crippen LogP contribution in [-0.2, 0) is 0 Å². The molecular formula is C22H17BrN2O2. The molecule has 0 radical (unpaired) electrons. The van der Waals surface area contributed by atoms with E-state index in [2.05, 4.69) is 32.3 Å². The summed E-state index contributed by atoms with van der Waals surface area (Å²) in [7, 11) is 0. The zero-order valence-corrected chi connectivity index (χ0v) is 16.5. The number of halogens is 1. The minimum atomic E-state index is -0.169. The van der Waals surface area contributed by atoms with Crippen LogP contribution >= 0.6 is 15.9 Å². The van der Waals surface area contributed by atoms with Gasteiger partial charge in [0, 0.05) is 21.3 Å². The Balaban J connectivity index is 1.65.